The SMILES string of the molecule is CCc1c(C(=O)NCc2ccc(N3CCCC3)nc2)cnn1Cc1ccccc1. The lowest BCUT2D eigenvalue weighted by Gasteiger charge is -2.16. The number of amides is 1. The fourth-order valence-electron chi connectivity index (χ4n) is 3.80. The number of carbonyl (C=O) groups excluding carboxylic acids is 1. The lowest BCUT2D eigenvalue weighted by molar-refractivity contribution is 0.0950. The summed E-state index contributed by atoms with van der Waals surface area (Å²) in [6.45, 7) is 5.33. The first kappa shape index (κ1) is 19.2. The van der Waals surface area contributed by atoms with Gasteiger partial charge >= 0.3 is 0 Å². The lowest BCUT2D eigenvalue weighted by atomic mass is 10.1. The maximum absolute atomic E-state index is 12.7. The molecule has 1 fully saturated rings. The Bertz CT molecular complexity index is 943. The maximum Gasteiger partial charge on any atom is 0.255 e. The van der Waals surface area contributed by atoms with Crippen molar-refractivity contribution in [3.63, 3.8) is 0 Å². The zero-order valence-corrected chi connectivity index (χ0v) is 16.8. The Morgan fingerprint density at radius 2 is 1.83 bits per heavy atom. The van der Waals surface area contributed by atoms with Gasteiger partial charge in [-0.25, -0.2) is 4.98 Å². The third-order valence-electron chi connectivity index (χ3n) is 5.40. The van der Waals surface area contributed by atoms with Gasteiger partial charge in [-0.1, -0.05) is 43.3 Å². The molecule has 0 saturated carbocycles. The van der Waals surface area contributed by atoms with Gasteiger partial charge < -0.3 is 10.2 Å². The summed E-state index contributed by atoms with van der Waals surface area (Å²) in [5.41, 5.74) is 3.76. The van der Waals surface area contributed by atoms with Crippen LogP contribution in [0.3, 0.4) is 0 Å². The topological polar surface area (TPSA) is 63.1 Å². The van der Waals surface area contributed by atoms with Crippen LogP contribution < -0.4 is 10.2 Å². The molecule has 1 aliphatic heterocycles. The van der Waals surface area contributed by atoms with E-state index in [1.807, 2.05) is 41.2 Å². The maximum atomic E-state index is 12.7. The van der Waals surface area contributed by atoms with Gasteiger partial charge in [-0.05, 0) is 36.5 Å². The third kappa shape index (κ3) is 4.47. The molecule has 6 heteroatoms. The first-order valence-electron chi connectivity index (χ1n) is 10.3. The minimum Gasteiger partial charge on any atom is -0.357 e. The van der Waals surface area contributed by atoms with E-state index in [1.165, 1.54) is 18.4 Å². The molecule has 0 spiro atoms. The molecular weight excluding hydrogens is 362 g/mol. The number of aromatic nitrogens is 3. The van der Waals surface area contributed by atoms with Gasteiger partial charge in [-0.3, -0.25) is 9.48 Å². The summed E-state index contributed by atoms with van der Waals surface area (Å²) in [6, 6.07) is 14.3. The Balaban J connectivity index is 1.39. The number of hydrogen-bond acceptors (Lipinski definition) is 4. The zero-order valence-electron chi connectivity index (χ0n) is 16.8. The van der Waals surface area contributed by atoms with Crippen LogP contribution in [-0.2, 0) is 19.5 Å². The van der Waals surface area contributed by atoms with Crippen LogP contribution in [0.25, 0.3) is 0 Å². The molecule has 6 nitrogen and oxygen atoms in total. The average Bonchev–Trinajstić information content (AvgIpc) is 3.43. The Morgan fingerprint density at radius 1 is 1.03 bits per heavy atom. The van der Waals surface area contributed by atoms with Crippen LogP contribution in [0.4, 0.5) is 5.82 Å². The van der Waals surface area contributed by atoms with Gasteiger partial charge in [0.15, 0.2) is 0 Å². The van der Waals surface area contributed by atoms with Gasteiger partial charge in [0, 0.05) is 25.8 Å². The van der Waals surface area contributed by atoms with Crippen molar-refractivity contribution in [1.29, 1.82) is 0 Å². The van der Waals surface area contributed by atoms with Crippen LogP contribution in [0.2, 0.25) is 0 Å². The monoisotopic (exact) mass is 389 g/mol. The fourth-order valence-corrected chi connectivity index (χ4v) is 3.80. The summed E-state index contributed by atoms with van der Waals surface area (Å²) in [5, 5.41) is 7.46. The number of anilines is 1. The Labute approximate surface area is 171 Å². The largest absolute Gasteiger partial charge is 0.357 e. The van der Waals surface area contributed by atoms with Gasteiger partial charge in [0.2, 0.25) is 0 Å². The standard InChI is InChI=1S/C23H27N5O/c1-2-21-20(16-26-28(21)17-18-8-4-3-5-9-18)23(29)25-15-19-10-11-22(24-14-19)27-12-6-7-13-27/h3-5,8-11,14,16H,2,6-7,12-13,15,17H2,1H3,(H,25,29). The van der Waals surface area contributed by atoms with E-state index in [0.717, 1.165) is 36.6 Å². The number of nitrogens with zero attached hydrogens (tertiary/aromatic N) is 4. The van der Waals surface area contributed by atoms with Crippen molar-refractivity contribution in [1.82, 2.24) is 20.1 Å². The predicted octanol–water partition coefficient (Wildman–Crippen LogP) is 3.42. The molecule has 1 N–H and O–H groups in total. The Morgan fingerprint density at radius 3 is 2.52 bits per heavy atom. The van der Waals surface area contributed by atoms with E-state index >= 15 is 0 Å². The van der Waals surface area contributed by atoms with Crippen LogP contribution in [0, 0.1) is 0 Å². The summed E-state index contributed by atoms with van der Waals surface area (Å²) in [5.74, 6) is 0.929. The van der Waals surface area contributed by atoms with E-state index in [-0.39, 0.29) is 5.91 Å². The Hall–Kier alpha value is -3.15. The molecule has 1 amide bonds. The van der Waals surface area contributed by atoms with Gasteiger partial charge in [0.25, 0.3) is 5.91 Å². The highest BCUT2D eigenvalue weighted by atomic mass is 16.1. The van der Waals surface area contributed by atoms with Crippen molar-refractivity contribution in [2.24, 2.45) is 0 Å². The molecule has 3 aromatic rings. The molecule has 0 unspecified atom stereocenters. The van der Waals surface area contributed by atoms with Gasteiger partial charge in [-0.15, -0.1) is 0 Å². The van der Waals surface area contributed by atoms with Gasteiger partial charge in [-0.2, -0.15) is 5.10 Å². The molecule has 0 aliphatic carbocycles. The first-order valence-corrected chi connectivity index (χ1v) is 10.3. The molecule has 29 heavy (non-hydrogen) atoms. The summed E-state index contributed by atoms with van der Waals surface area (Å²) in [4.78, 5) is 19.6. The summed E-state index contributed by atoms with van der Waals surface area (Å²) in [6.07, 6.45) is 6.75. The highest BCUT2D eigenvalue weighted by Crippen LogP contribution is 2.18. The second kappa shape index (κ2) is 8.90. The minimum absolute atomic E-state index is 0.0928. The molecule has 150 valence electrons. The van der Waals surface area contributed by atoms with Crippen LogP contribution in [0.5, 0.6) is 0 Å². The van der Waals surface area contributed by atoms with E-state index in [1.54, 1.807) is 6.20 Å². The minimum atomic E-state index is -0.0928. The van der Waals surface area contributed by atoms with Crippen molar-refractivity contribution in [3.8, 4) is 0 Å². The number of pyridine rings is 1. The van der Waals surface area contributed by atoms with Gasteiger partial charge in [0.05, 0.1) is 24.0 Å². The molecule has 2 aromatic heterocycles. The average molecular weight is 390 g/mol. The molecule has 3 heterocycles. The van der Waals surface area contributed by atoms with Crippen LogP contribution >= 0.6 is 0 Å². The van der Waals surface area contributed by atoms with Crippen molar-refractivity contribution in [2.75, 3.05) is 18.0 Å². The fraction of sp³-hybridized carbons (Fsp3) is 0.348. The van der Waals surface area contributed by atoms with Crippen molar-refractivity contribution < 1.29 is 4.79 Å². The molecule has 0 atom stereocenters. The van der Waals surface area contributed by atoms with Crippen molar-refractivity contribution in [2.45, 2.75) is 39.3 Å². The number of carbonyl (C=O) groups is 1. The van der Waals surface area contributed by atoms with E-state index in [2.05, 4.69) is 39.4 Å². The van der Waals surface area contributed by atoms with E-state index in [0.29, 0.717) is 18.7 Å². The summed E-state index contributed by atoms with van der Waals surface area (Å²) in [7, 11) is 0. The molecule has 0 bridgehead atoms. The van der Waals surface area contributed by atoms with Crippen molar-refractivity contribution >= 4 is 11.7 Å². The summed E-state index contributed by atoms with van der Waals surface area (Å²) < 4.78 is 1.91. The molecule has 0 radical (unpaired) electrons. The number of rotatable bonds is 7. The molecule has 1 aromatic carbocycles. The zero-order chi connectivity index (χ0) is 20.1. The highest BCUT2D eigenvalue weighted by Gasteiger charge is 2.17. The van der Waals surface area contributed by atoms with E-state index < -0.39 is 0 Å². The van der Waals surface area contributed by atoms with E-state index in [9.17, 15) is 4.79 Å². The first-order chi connectivity index (χ1) is 14.2. The Kier molecular flexibility index (Phi) is 5.89. The van der Waals surface area contributed by atoms with E-state index in [4.69, 9.17) is 0 Å². The normalized spacial score (nSPS) is 13.6. The number of benzene rings is 1. The third-order valence-corrected chi connectivity index (χ3v) is 5.40. The highest BCUT2D eigenvalue weighted by molar-refractivity contribution is 5.95. The number of nitrogens with one attached hydrogen (secondary N) is 1. The van der Waals surface area contributed by atoms with Crippen molar-refractivity contribution in [3.05, 3.63) is 77.2 Å². The second-order valence-corrected chi connectivity index (χ2v) is 7.40. The smallest absolute Gasteiger partial charge is 0.255 e. The van der Waals surface area contributed by atoms with Gasteiger partial charge in [0.1, 0.15) is 5.82 Å². The van der Waals surface area contributed by atoms with Crippen LogP contribution in [0.1, 0.15) is 46.9 Å². The second-order valence-electron chi connectivity index (χ2n) is 7.40. The molecule has 4 rings (SSSR count). The predicted molar refractivity (Wildman–Crippen MR) is 114 cm³/mol. The van der Waals surface area contributed by atoms with Crippen LogP contribution in [0.15, 0.2) is 54.9 Å². The molecule has 1 saturated heterocycles. The quantitative estimate of drug-likeness (QED) is 0.673. The molecular formula is C23H27N5O. The summed E-state index contributed by atoms with van der Waals surface area (Å²) >= 11 is 0. The molecule has 1 aliphatic rings. The lowest BCUT2D eigenvalue weighted by Crippen LogP contribution is -2.24. The number of hydrogen-bond donors (Lipinski definition) is 1. The van der Waals surface area contributed by atoms with Crippen LogP contribution in [-0.4, -0.2) is 33.8 Å².